The molecular weight excluding hydrogens is 427 g/mol. The number of nitrogens with zero attached hydrogens (tertiary/aromatic N) is 1. The van der Waals surface area contributed by atoms with E-state index in [1.807, 2.05) is 12.1 Å². The van der Waals surface area contributed by atoms with Gasteiger partial charge in [-0.05, 0) is 37.0 Å². The Morgan fingerprint density at radius 3 is 2.60 bits per heavy atom. The van der Waals surface area contributed by atoms with Crippen LogP contribution in [0.4, 0.5) is 0 Å². The van der Waals surface area contributed by atoms with Crippen LogP contribution in [0.5, 0.6) is 0 Å². The van der Waals surface area contributed by atoms with Gasteiger partial charge in [-0.15, -0.1) is 24.0 Å². The molecule has 0 heterocycles. The SMILES string of the molecule is CCCCC(CC)CNC(=NCc1cccc(C(N)=O)c1)NCC.I. The van der Waals surface area contributed by atoms with Crippen LogP contribution in [-0.4, -0.2) is 25.0 Å². The molecule has 0 aliphatic carbocycles. The number of carbonyl (C=O) groups excluding carboxylic acids is 1. The second-order valence-electron chi connectivity index (χ2n) is 6.06. The summed E-state index contributed by atoms with van der Waals surface area (Å²) < 4.78 is 0. The third kappa shape index (κ3) is 9.67. The molecule has 0 radical (unpaired) electrons. The number of nitrogens with one attached hydrogen (secondary N) is 2. The summed E-state index contributed by atoms with van der Waals surface area (Å²) in [5.74, 6) is 1.08. The van der Waals surface area contributed by atoms with Gasteiger partial charge in [0.15, 0.2) is 5.96 Å². The van der Waals surface area contributed by atoms with Gasteiger partial charge in [0, 0.05) is 18.7 Å². The molecule has 25 heavy (non-hydrogen) atoms. The molecule has 0 aliphatic rings. The molecule has 0 spiro atoms. The van der Waals surface area contributed by atoms with Gasteiger partial charge >= 0.3 is 0 Å². The zero-order valence-electron chi connectivity index (χ0n) is 15.7. The normalized spacial score (nSPS) is 12.2. The van der Waals surface area contributed by atoms with E-state index in [-0.39, 0.29) is 24.0 Å². The molecule has 1 aromatic rings. The molecule has 0 fully saturated rings. The molecule has 6 heteroatoms. The number of nitrogens with two attached hydrogens (primary N) is 1. The molecule has 4 N–H and O–H groups in total. The Hall–Kier alpha value is -1.31. The first-order valence-electron chi connectivity index (χ1n) is 9.01. The van der Waals surface area contributed by atoms with E-state index in [0.29, 0.717) is 18.0 Å². The first kappa shape index (κ1) is 23.7. The number of halogens is 1. The fourth-order valence-electron chi connectivity index (χ4n) is 2.52. The lowest BCUT2D eigenvalue weighted by molar-refractivity contribution is 0.1000. The Labute approximate surface area is 169 Å². The van der Waals surface area contributed by atoms with Crippen LogP contribution in [-0.2, 0) is 6.54 Å². The summed E-state index contributed by atoms with van der Waals surface area (Å²) >= 11 is 0. The maximum Gasteiger partial charge on any atom is 0.248 e. The van der Waals surface area contributed by atoms with Crippen molar-refractivity contribution in [3.05, 3.63) is 35.4 Å². The van der Waals surface area contributed by atoms with Gasteiger partial charge in [0.1, 0.15) is 0 Å². The fraction of sp³-hybridized carbons (Fsp3) is 0.579. The van der Waals surface area contributed by atoms with Crippen LogP contribution >= 0.6 is 24.0 Å². The molecule has 1 rings (SSSR count). The van der Waals surface area contributed by atoms with E-state index in [2.05, 4.69) is 36.4 Å². The Morgan fingerprint density at radius 1 is 1.24 bits per heavy atom. The summed E-state index contributed by atoms with van der Waals surface area (Å²) in [4.78, 5) is 15.9. The van der Waals surface area contributed by atoms with Gasteiger partial charge in [-0.1, -0.05) is 45.2 Å². The number of amides is 1. The lowest BCUT2D eigenvalue weighted by Crippen LogP contribution is -2.39. The van der Waals surface area contributed by atoms with Crippen molar-refractivity contribution in [2.24, 2.45) is 16.6 Å². The van der Waals surface area contributed by atoms with Crippen molar-refractivity contribution >= 4 is 35.8 Å². The van der Waals surface area contributed by atoms with E-state index in [1.54, 1.807) is 12.1 Å². The maximum atomic E-state index is 11.3. The fourth-order valence-corrected chi connectivity index (χ4v) is 2.52. The van der Waals surface area contributed by atoms with E-state index < -0.39 is 5.91 Å². The van der Waals surface area contributed by atoms with Gasteiger partial charge in [-0.3, -0.25) is 4.79 Å². The molecule has 142 valence electrons. The van der Waals surface area contributed by atoms with Crippen LogP contribution in [0.1, 0.15) is 62.4 Å². The monoisotopic (exact) mass is 460 g/mol. The number of benzene rings is 1. The highest BCUT2D eigenvalue weighted by atomic mass is 127. The Morgan fingerprint density at radius 2 is 2.00 bits per heavy atom. The summed E-state index contributed by atoms with van der Waals surface area (Å²) in [6.07, 6.45) is 4.93. The van der Waals surface area contributed by atoms with Crippen molar-refractivity contribution in [1.29, 1.82) is 0 Å². The van der Waals surface area contributed by atoms with Gasteiger partial charge in [-0.25, -0.2) is 4.99 Å². The molecule has 1 atom stereocenters. The number of aliphatic imine (C=N–C) groups is 1. The quantitative estimate of drug-likeness (QED) is 0.283. The summed E-state index contributed by atoms with van der Waals surface area (Å²) in [5, 5.41) is 6.71. The highest BCUT2D eigenvalue weighted by molar-refractivity contribution is 14.0. The van der Waals surface area contributed by atoms with Crippen molar-refractivity contribution in [1.82, 2.24) is 10.6 Å². The van der Waals surface area contributed by atoms with Gasteiger partial charge < -0.3 is 16.4 Å². The highest BCUT2D eigenvalue weighted by Crippen LogP contribution is 2.11. The predicted octanol–water partition coefficient (Wildman–Crippen LogP) is 3.68. The minimum Gasteiger partial charge on any atom is -0.366 e. The van der Waals surface area contributed by atoms with Crippen LogP contribution in [0.2, 0.25) is 0 Å². The number of unbranched alkanes of at least 4 members (excludes halogenated alkanes) is 1. The average Bonchev–Trinajstić information content (AvgIpc) is 2.59. The molecule has 0 saturated heterocycles. The lowest BCUT2D eigenvalue weighted by atomic mass is 9.99. The summed E-state index contributed by atoms with van der Waals surface area (Å²) in [6.45, 7) is 8.79. The van der Waals surface area contributed by atoms with E-state index in [0.717, 1.165) is 24.6 Å². The maximum absolute atomic E-state index is 11.3. The van der Waals surface area contributed by atoms with Crippen molar-refractivity contribution in [2.75, 3.05) is 13.1 Å². The van der Waals surface area contributed by atoms with Crippen molar-refractivity contribution in [3.8, 4) is 0 Å². The van der Waals surface area contributed by atoms with Crippen LogP contribution < -0.4 is 16.4 Å². The molecular formula is C19H33IN4O. The van der Waals surface area contributed by atoms with Gasteiger partial charge in [0.05, 0.1) is 6.54 Å². The highest BCUT2D eigenvalue weighted by Gasteiger charge is 2.07. The number of primary amides is 1. The van der Waals surface area contributed by atoms with Gasteiger partial charge in [0.2, 0.25) is 5.91 Å². The van der Waals surface area contributed by atoms with E-state index in [4.69, 9.17) is 5.73 Å². The second-order valence-corrected chi connectivity index (χ2v) is 6.06. The van der Waals surface area contributed by atoms with E-state index in [9.17, 15) is 4.79 Å². The number of rotatable bonds is 10. The third-order valence-electron chi connectivity index (χ3n) is 4.08. The lowest BCUT2D eigenvalue weighted by Gasteiger charge is -2.18. The van der Waals surface area contributed by atoms with E-state index >= 15 is 0 Å². The smallest absolute Gasteiger partial charge is 0.248 e. The number of hydrogen-bond donors (Lipinski definition) is 3. The second kappa shape index (κ2) is 13.9. The standard InChI is InChI=1S/C19H32N4O.HI/c1-4-7-9-15(5-2)13-22-19(21-6-3)23-14-16-10-8-11-17(12-16)18(20)24;/h8,10-12,15H,4-7,9,13-14H2,1-3H3,(H2,20,24)(H2,21,22,23);1H. The number of hydrogen-bond acceptors (Lipinski definition) is 2. The molecule has 1 amide bonds. The first-order chi connectivity index (χ1) is 11.6. The van der Waals surface area contributed by atoms with E-state index in [1.165, 1.54) is 25.7 Å². The summed E-state index contributed by atoms with van der Waals surface area (Å²) in [6, 6.07) is 7.31. The molecule has 5 nitrogen and oxygen atoms in total. The van der Waals surface area contributed by atoms with Crippen LogP contribution in [0.25, 0.3) is 0 Å². The molecule has 1 aromatic carbocycles. The van der Waals surface area contributed by atoms with Crippen LogP contribution in [0.15, 0.2) is 29.3 Å². The minimum absolute atomic E-state index is 0. The molecule has 1 unspecified atom stereocenters. The zero-order chi connectivity index (χ0) is 17.8. The molecule has 0 bridgehead atoms. The van der Waals surface area contributed by atoms with Crippen molar-refractivity contribution < 1.29 is 4.79 Å². The Bertz CT molecular complexity index is 534. The summed E-state index contributed by atoms with van der Waals surface area (Å²) in [7, 11) is 0. The molecule has 0 aromatic heterocycles. The topological polar surface area (TPSA) is 79.5 Å². The van der Waals surface area contributed by atoms with Gasteiger partial charge in [0.25, 0.3) is 0 Å². The predicted molar refractivity (Wildman–Crippen MR) is 116 cm³/mol. The number of guanidine groups is 1. The molecule has 0 saturated carbocycles. The Balaban J connectivity index is 0.00000576. The first-order valence-corrected chi connectivity index (χ1v) is 9.01. The molecule has 0 aliphatic heterocycles. The van der Waals surface area contributed by atoms with Crippen LogP contribution in [0, 0.1) is 5.92 Å². The summed E-state index contributed by atoms with van der Waals surface area (Å²) in [5.41, 5.74) is 6.82. The number of carbonyl (C=O) groups is 1. The minimum atomic E-state index is -0.410. The van der Waals surface area contributed by atoms with Crippen molar-refractivity contribution in [2.45, 2.75) is 53.0 Å². The van der Waals surface area contributed by atoms with Crippen LogP contribution in [0.3, 0.4) is 0 Å². The zero-order valence-corrected chi connectivity index (χ0v) is 18.0. The van der Waals surface area contributed by atoms with Crippen molar-refractivity contribution in [3.63, 3.8) is 0 Å². The largest absolute Gasteiger partial charge is 0.366 e. The average molecular weight is 460 g/mol. The Kier molecular flexibility index (Phi) is 13.2. The third-order valence-corrected chi connectivity index (χ3v) is 4.08. The van der Waals surface area contributed by atoms with Gasteiger partial charge in [-0.2, -0.15) is 0 Å².